The van der Waals surface area contributed by atoms with Crippen LogP contribution in [0.1, 0.15) is 395 Å². The van der Waals surface area contributed by atoms with Gasteiger partial charge in [-0.15, -0.1) is 0 Å². The molecule has 0 heterocycles. The quantitative estimate of drug-likeness (QED) is 0.0222. The van der Waals surface area contributed by atoms with Gasteiger partial charge in [0.25, 0.3) is 0 Å². The molecule has 0 rings (SSSR count). The smallest absolute Gasteiger partial charge is 0.462 e. The first-order valence-corrected chi connectivity index (χ1v) is 42.5. The molecule has 19 heteroatoms. The van der Waals surface area contributed by atoms with Crippen LogP contribution in [0.25, 0.3) is 0 Å². The number of aliphatic hydroxyl groups excluding tert-OH is 1. The molecule has 0 saturated carbocycles. The van der Waals surface area contributed by atoms with E-state index in [1.165, 1.54) is 205 Å². The molecule has 0 bridgehead atoms. The Kier molecular flexibility index (Phi) is 66.5. The molecule has 0 aliphatic heterocycles. The Morgan fingerprint density at radius 1 is 0.284 bits per heavy atom. The van der Waals surface area contributed by atoms with Gasteiger partial charge < -0.3 is 33.8 Å². The van der Waals surface area contributed by atoms with Gasteiger partial charge in [0.05, 0.1) is 26.4 Å². The molecule has 0 aromatic carbocycles. The third kappa shape index (κ3) is 70.3. The van der Waals surface area contributed by atoms with E-state index in [0.29, 0.717) is 25.7 Å². The van der Waals surface area contributed by atoms with Crippen LogP contribution < -0.4 is 0 Å². The summed E-state index contributed by atoms with van der Waals surface area (Å²) in [5.74, 6) is -0.568. The highest BCUT2D eigenvalue weighted by molar-refractivity contribution is 7.47. The van der Waals surface area contributed by atoms with E-state index >= 15 is 0 Å². The van der Waals surface area contributed by atoms with Crippen LogP contribution in [-0.4, -0.2) is 96.7 Å². The topological polar surface area (TPSA) is 237 Å². The van der Waals surface area contributed by atoms with Crippen LogP contribution in [0.5, 0.6) is 0 Å². The number of hydrogen-bond donors (Lipinski definition) is 3. The van der Waals surface area contributed by atoms with Gasteiger partial charge in [-0.05, 0) is 37.5 Å². The molecule has 0 amide bonds. The first-order chi connectivity index (χ1) is 45.9. The SMILES string of the molecule is CCCCCCCCCCCCCCCCCCCCCCC(=O)O[C@H](COC(=O)CCCCCCCCCCCCCCC(C)C)COP(=O)(O)OC[C@@H](O)COP(=O)(O)OC[C@@H](COC(=O)CCCCCCC)OC(=O)CCCCCCCCCCCCCCC(C)C. The van der Waals surface area contributed by atoms with E-state index in [-0.39, 0.29) is 25.7 Å². The fraction of sp³-hybridized carbons (Fsp3) is 0.947. The van der Waals surface area contributed by atoms with E-state index in [1.807, 2.05) is 0 Å². The van der Waals surface area contributed by atoms with Crippen molar-refractivity contribution in [2.75, 3.05) is 39.6 Å². The van der Waals surface area contributed by atoms with Crippen molar-refractivity contribution in [1.29, 1.82) is 0 Å². The minimum atomic E-state index is -4.96. The number of phosphoric acid groups is 2. The predicted molar refractivity (Wildman–Crippen MR) is 386 cm³/mol. The predicted octanol–water partition coefficient (Wildman–Crippen LogP) is 22.3. The Balaban J connectivity index is 5.13. The summed E-state index contributed by atoms with van der Waals surface area (Å²) in [6, 6.07) is 0. The van der Waals surface area contributed by atoms with Crippen LogP contribution in [0.4, 0.5) is 0 Å². The summed E-state index contributed by atoms with van der Waals surface area (Å²) < 4.78 is 68.3. The molecular weight excluding hydrogens is 1250 g/mol. The zero-order valence-electron chi connectivity index (χ0n) is 62.0. The fourth-order valence-corrected chi connectivity index (χ4v) is 13.2. The van der Waals surface area contributed by atoms with Gasteiger partial charge in [0.1, 0.15) is 19.3 Å². The minimum Gasteiger partial charge on any atom is -0.462 e. The van der Waals surface area contributed by atoms with Gasteiger partial charge in [0.15, 0.2) is 12.2 Å². The fourth-order valence-electron chi connectivity index (χ4n) is 11.7. The standard InChI is InChI=1S/C76H148O17P2/c1-7-9-11-13-14-15-16-17-18-19-20-21-22-23-24-32-37-42-48-54-61-76(81)93-72(65-87-74(79)59-53-47-41-36-31-27-25-29-34-39-45-50-56-68(3)4)67-91-95(84,85)89-63-70(77)62-88-94(82,83)90-66-71(64-86-73(78)58-52-44-12-10-8-2)92-75(80)60-55-49-43-38-33-28-26-30-35-40-46-51-57-69(5)6/h68-72,77H,7-67H2,1-6H3,(H,82,83)(H,84,85)/t70-,71+,72+/m0/s1. The van der Waals surface area contributed by atoms with Crippen LogP contribution in [-0.2, 0) is 65.4 Å². The molecule has 2 unspecified atom stereocenters. The van der Waals surface area contributed by atoms with E-state index in [4.69, 9.17) is 37.0 Å². The van der Waals surface area contributed by atoms with Crippen molar-refractivity contribution in [1.82, 2.24) is 0 Å². The second-order valence-corrected chi connectivity index (χ2v) is 31.3. The molecule has 95 heavy (non-hydrogen) atoms. The number of unbranched alkanes of at least 4 members (excludes halogenated alkanes) is 45. The third-order valence-corrected chi connectivity index (χ3v) is 19.6. The van der Waals surface area contributed by atoms with Gasteiger partial charge in [-0.2, -0.15) is 0 Å². The highest BCUT2D eigenvalue weighted by Gasteiger charge is 2.30. The first-order valence-electron chi connectivity index (χ1n) is 39.5. The molecule has 0 aliphatic carbocycles. The van der Waals surface area contributed by atoms with Crippen molar-refractivity contribution in [3.8, 4) is 0 Å². The summed E-state index contributed by atoms with van der Waals surface area (Å²) >= 11 is 0. The Morgan fingerprint density at radius 3 is 0.716 bits per heavy atom. The van der Waals surface area contributed by atoms with Gasteiger partial charge >= 0.3 is 39.5 Å². The van der Waals surface area contributed by atoms with Crippen LogP contribution in [0, 0.1) is 11.8 Å². The van der Waals surface area contributed by atoms with Crippen molar-refractivity contribution in [3.05, 3.63) is 0 Å². The molecule has 0 fully saturated rings. The van der Waals surface area contributed by atoms with Gasteiger partial charge in [0, 0.05) is 25.7 Å². The van der Waals surface area contributed by atoms with E-state index in [0.717, 1.165) is 108 Å². The zero-order valence-corrected chi connectivity index (χ0v) is 63.8. The number of carbonyl (C=O) groups excluding carboxylic acids is 4. The molecule has 0 aliphatic rings. The average Bonchev–Trinajstić information content (AvgIpc) is 1.84. The van der Waals surface area contributed by atoms with Gasteiger partial charge in [-0.25, -0.2) is 9.13 Å². The molecule has 5 atom stereocenters. The van der Waals surface area contributed by atoms with Crippen molar-refractivity contribution in [2.45, 2.75) is 413 Å². The number of esters is 4. The maximum atomic E-state index is 13.1. The molecule has 564 valence electrons. The Hall–Kier alpha value is -1.94. The van der Waals surface area contributed by atoms with Gasteiger partial charge in [-0.3, -0.25) is 37.3 Å². The van der Waals surface area contributed by atoms with Crippen molar-refractivity contribution >= 4 is 39.5 Å². The highest BCUT2D eigenvalue weighted by Crippen LogP contribution is 2.45. The summed E-state index contributed by atoms with van der Waals surface area (Å²) in [5, 5.41) is 10.6. The maximum Gasteiger partial charge on any atom is 0.472 e. The second-order valence-electron chi connectivity index (χ2n) is 28.3. The van der Waals surface area contributed by atoms with Crippen LogP contribution in [0.2, 0.25) is 0 Å². The number of hydrogen-bond acceptors (Lipinski definition) is 15. The summed E-state index contributed by atoms with van der Waals surface area (Å²) in [6.45, 7) is 9.53. The molecular formula is C76H148O17P2. The lowest BCUT2D eigenvalue weighted by atomic mass is 10.0. The lowest BCUT2D eigenvalue weighted by Crippen LogP contribution is -2.30. The maximum absolute atomic E-state index is 13.1. The molecule has 0 aromatic heterocycles. The second kappa shape index (κ2) is 67.9. The Morgan fingerprint density at radius 2 is 0.484 bits per heavy atom. The summed E-state index contributed by atoms with van der Waals surface area (Å²) in [6.07, 6.45) is 56.0. The van der Waals surface area contributed by atoms with Crippen molar-refractivity contribution in [2.24, 2.45) is 11.8 Å². The number of rotatable bonds is 75. The number of ether oxygens (including phenoxy) is 4. The largest absolute Gasteiger partial charge is 0.472 e. The van der Waals surface area contributed by atoms with Crippen molar-refractivity contribution in [3.63, 3.8) is 0 Å². The summed E-state index contributed by atoms with van der Waals surface area (Å²) in [4.78, 5) is 72.5. The zero-order chi connectivity index (χ0) is 70.0. The first kappa shape index (κ1) is 93.1. The van der Waals surface area contributed by atoms with E-state index in [1.54, 1.807) is 0 Å². The number of aliphatic hydroxyl groups is 1. The molecule has 0 aromatic rings. The Bertz CT molecular complexity index is 1840. The molecule has 0 radical (unpaired) electrons. The van der Waals surface area contributed by atoms with E-state index in [9.17, 15) is 43.2 Å². The molecule has 0 spiro atoms. The number of carbonyl (C=O) groups is 4. The van der Waals surface area contributed by atoms with E-state index < -0.39 is 97.5 Å². The third-order valence-electron chi connectivity index (χ3n) is 17.7. The highest BCUT2D eigenvalue weighted by atomic mass is 31.2. The minimum absolute atomic E-state index is 0.106. The van der Waals surface area contributed by atoms with Crippen LogP contribution >= 0.6 is 15.6 Å². The lowest BCUT2D eigenvalue weighted by Gasteiger charge is -2.21. The molecule has 17 nitrogen and oxygen atoms in total. The van der Waals surface area contributed by atoms with Gasteiger partial charge in [0.2, 0.25) is 0 Å². The van der Waals surface area contributed by atoms with E-state index in [2.05, 4.69) is 41.5 Å². The summed E-state index contributed by atoms with van der Waals surface area (Å²) in [7, 11) is -9.90. The normalized spacial score (nSPS) is 14.0. The average molecular weight is 1400 g/mol. The summed E-state index contributed by atoms with van der Waals surface area (Å²) in [5.41, 5.74) is 0. The number of phosphoric ester groups is 2. The van der Waals surface area contributed by atoms with Crippen molar-refractivity contribution < 1.29 is 80.2 Å². The monoisotopic (exact) mass is 1400 g/mol. The Labute approximate surface area is 581 Å². The van der Waals surface area contributed by atoms with Gasteiger partial charge in [-0.1, -0.05) is 343 Å². The van der Waals surface area contributed by atoms with Crippen LogP contribution in [0.3, 0.4) is 0 Å². The molecule has 3 N–H and O–H groups in total. The lowest BCUT2D eigenvalue weighted by molar-refractivity contribution is -0.161. The van der Waals surface area contributed by atoms with Crippen LogP contribution in [0.15, 0.2) is 0 Å². The molecule has 0 saturated heterocycles.